The molecule has 1 N–H and O–H groups in total. The van der Waals surface area contributed by atoms with Crippen LogP contribution in [0.25, 0.3) is 27.6 Å². The molecular formula is C17H10N2O4. The average Bonchev–Trinajstić information content (AvgIpc) is 3.05. The zero-order chi connectivity index (χ0) is 16.0. The van der Waals surface area contributed by atoms with Gasteiger partial charge in [0.2, 0.25) is 16.8 Å². The molecule has 0 spiro atoms. The second-order valence-corrected chi connectivity index (χ2v) is 5.07. The Morgan fingerprint density at radius 2 is 1.87 bits per heavy atom. The highest BCUT2D eigenvalue weighted by molar-refractivity contribution is 5.90. The fraction of sp³-hybridized carbons (Fsp3) is 0. The van der Waals surface area contributed by atoms with Crippen molar-refractivity contribution in [3.05, 3.63) is 70.7 Å². The van der Waals surface area contributed by atoms with Gasteiger partial charge < -0.3 is 9.52 Å². The van der Waals surface area contributed by atoms with Crippen molar-refractivity contribution in [2.75, 3.05) is 0 Å². The molecule has 4 aromatic rings. The van der Waals surface area contributed by atoms with Gasteiger partial charge in [-0.25, -0.2) is 4.79 Å². The third kappa shape index (κ3) is 2.00. The predicted octanol–water partition coefficient (Wildman–Crippen LogP) is 2.83. The molecule has 2 aromatic carbocycles. The van der Waals surface area contributed by atoms with Crippen molar-refractivity contribution >= 4 is 27.8 Å². The second kappa shape index (κ2) is 4.81. The van der Waals surface area contributed by atoms with Crippen LogP contribution in [0, 0.1) is 0 Å². The van der Waals surface area contributed by atoms with Gasteiger partial charge in [-0.2, -0.15) is 9.78 Å². The van der Waals surface area contributed by atoms with Gasteiger partial charge in [0, 0.05) is 0 Å². The molecule has 0 aliphatic carbocycles. The number of benzene rings is 2. The van der Waals surface area contributed by atoms with Gasteiger partial charge in [0.1, 0.15) is 0 Å². The average molecular weight is 306 g/mol. The molecule has 0 aliphatic rings. The number of hydrogen-bond donors (Lipinski definition) is 1. The standard InChI is InChI=1S/C17H10N2O4/c20-15-13-7-8-23-16(13)19(18-14(15)17(21)22)12-6-5-10-3-1-2-4-11(10)9-12/h1-9H,(H,21,22). The number of carboxylic acid groups (broad SMARTS) is 1. The summed E-state index contributed by atoms with van der Waals surface area (Å²) in [6, 6.07) is 14.8. The lowest BCUT2D eigenvalue weighted by atomic mass is 10.1. The number of nitrogens with zero attached hydrogens (tertiary/aromatic N) is 2. The van der Waals surface area contributed by atoms with Crippen LogP contribution in [-0.4, -0.2) is 20.9 Å². The topological polar surface area (TPSA) is 85.3 Å². The smallest absolute Gasteiger partial charge is 0.360 e. The van der Waals surface area contributed by atoms with Crippen molar-refractivity contribution in [2.45, 2.75) is 0 Å². The highest BCUT2D eigenvalue weighted by Gasteiger charge is 2.19. The maximum Gasteiger partial charge on any atom is 0.360 e. The van der Waals surface area contributed by atoms with E-state index in [1.54, 1.807) is 6.07 Å². The minimum absolute atomic E-state index is 0.186. The van der Waals surface area contributed by atoms with Crippen LogP contribution in [0.2, 0.25) is 0 Å². The van der Waals surface area contributed by atoms with E-state index in [0.29, 0.717) is 5.69 Å². The van der Waals surface area contributed by atoms with Gasteiger partial charge in [0.25, 0.3) is 0 Å². The third-order valence-corrected chi connectivity index (χ3v) is 3.68. The molecule has 0 aliphatic heterocycles. The van der Waals surface area contributed by atoms with Crippen LogP contribution in [-0.2, 0) is 0 Å². The Balaban J connectivity index is 2.07. The Morgan fingerprint density at radius 3 is 2.65 bits per heavy atom. The molecule has 112 valence electrons. The molecule has 0 radical (unpaired) electrons. The van der Waals surface area contributed by atoms with Crippen LogP contribution >= 0.6 is 0 Å². The molecule has 0 saturated heterocycles. The molecule has 2 heterocycles. The first-order chi connectivity index (χ1) is 11.1. The number of carboxylic acids is 1. The number of hydrogen-bond acceptors (Lipinski definition) is 4. The van der Waals surface area contributed by atoms with Gasteiger partial charge in [-0.05, 0) is 29.0 Å². The van der Waals surface area contributed by atoms with Crippen molar-refractivity contribution < 1.29 is 14.3 Å². The van der Waals surface area contributed by atoms with Gasteiger partial charge in [-0.3, -0.25) is 4.79 Å². The molecular weight excluding hydrogens is 296 g/mol. The van der Waals surface area contributed by atoms with E-state index in [-0.39, 0.29) is 11.1 Å². The largest absolute Gasteiger partial charge is 0.476 e. The van der Waals surface area contributed by atoms with Gasteiger partial charge >= 0.3 is 5.97 Å². The number of aromatic carboxylic acids is 1. The first kappa shape index (κ1) is 13.3. The van der Waals surface area contributed by atoms with Crippen molar-refractivity contribution in [3.8, 4) is 5.69 Å². The predicted molar refractivity (Wildman–Crippen MR) is 84.1 cm³/mol. The number of rotatable bonds is 2. The molecule has 6 nitrogen and oxygen atoms in total. The Labute approximate surface area is 129 Å². The lowest BCUT2D eigenvalue weighted by Crippen LogP contribution is -2.21. The summed E-state index contributed by atoms with van der Waals surface area (Å²) in [7, 11) is 0. The number of carbonyl (C=O) groups is 1. The van der Waals surface area contributed by atoms with Gasteiger partial charge in [-0.15, -0.1) is 0 Å². The summed E-state index contributed by atoms with van der Waals surface area (Å²) < 4.78 is 6.68. The maximum atomic E-state index is 12.1. The molecule has 0 saturated carbocycles. The first-order valence-corrected chi connectivity index (χ1v) is 6.88. The van der Waals surface area contributed by atoms with Crippen LogP contribution in [0.3, 0.4) is 0 Å². The van der Waals surface area contributed by atoms with E-state index >= 15 is 0 Å². The summed E-state index contributed by atoms with van der Waals surface area (Å²) in [6.45, 7) is 0. The molecule has 0 amide bonds. The molecule has 0 bridgehead atoms. The summed E-state index contributed by atoms with van der Waals surface area (Å²) in [5, 5.41) is 15.4. The fourth-order valence-corrected chi connectivity index (χ4v) is 2.58. The van der Waals surface area contributed by atoms with Gasteiger partial charge in [-0.1, -0.05) is 30.3 Å². The minimum Gasteiger partial charge on any atom is -0.476 e. The lowest BCUT2D eigenvalue weighted by molar-refractivity contribution is 0.0687. The number of furan rings is 1. The summed E-state index contributed by atoms with van der Waals surface area (Å²) in [5.41, 5.74) is -0.355. The van der Waals surface area contributed by atoms with E-state index in [0.717, 1.165) is 10.8 Å². The molecule has 4 rings (SSSR count). The first-order valence-electron chi connectivity index (χ1n) is 6.88. The SMILES string of the molecule is O=C(O)c1nn(-c2ccc3ccccc3c2)c2occc2c1=O. The third-order valence-electron chi connectivity index (χ3n) is 3.68. The van der Waals surface area contributed by atoms with E-state index in [9.17, 15) is 14.7 Å². The van der Waals surface area contributed by atoms with E-state index < -0.39 is 17.1 Å². The number of aromatic nitrogens is 2. The van der Waals surface area contributed by atoms with Gasteiger partial charge in [0.05, 0.1) is 17.3 Å². The summed E-state index contributed by atoms with van der Waals surface area (Å²) in [4.78, 5) is 23.4. The van der Waals surface area contributed by atoms with Crippen LogP contribution < -0.4 is 5.43 Å². The molecule has 0 fully saturated rings. The summed E-state index contributed by atoms with van der Waals surface area (Å²) in [6.07, 6.45) is 1.34. The second-order valence-electron chi connectivity index (χ2n) is 5.07. The van der Waals surface area contributed by atoms with Crippen molar-refractivity contribution in [3.63, 3.8) is 0 Å². The maximum absolute atomic E-state index is 12.1. The van der Waals surface area contributed by atoms with E-state index in [2.05, 4.69) is 5.10 Å². The van der Waals surface area contributed by atoms with Crippen molar-refractivity contribution in [1.82, 2.24) is 9.78 Å². The Kier molecular flexibility index (Phi) is 2.77. The van der Waals surface area contributed by atoms with E-state index in [1.807, 2.05) is 36.4 Å². The zero-order valence-electron chi connectivity index (χ0n) is 11.8. The van der Waals surface area contributed by atoms with Crippen LogP contribution in [0.4, 0.5) is 0 Å². The fourth-order valence-electron chi connectivity index (χ4n) is 2.58. The summed E-state index contributed by atoms with van der Waals surface area (Å²) in [5.74, 6) is -1.37. The van der Waals surface area contributed by atoms with E-state index in [4.69, 9.17) is 4.42 Å². The quantitative estimate of drug-likeness (QED) is 0.615. The lowest BCUT2D eigenvalue weighted by Gasteiger charge is -2.08. The number of fused-ring (bicyclic) bond motifs is 2. The Hall–Kier alpha value is -3.41. The van der Waals surface area contributed by atoms with Crippen molar-refractivity contribution in [2.24, 2.45) is 0 Å². The highest BCUT2D eigenvalue weighted by atomic mass is 16.4. The zero-order valence-corrected chi connectivity index (χ0v) is 11.8. The molecule has 6 heteroatoms. The molecule has 23 heavy (non-hydrogen) atoms. The molecule has 0 unspecified atom stereocenters. The minimum atomic E-state index is -1.37. The highest BCUT2D eigenvalue weighted by Crippen LogP contribution is 2.21. The van der Waals surface area contributed by atoms with Crippen molar-refractivity contribution in [1.29, 1.82) is 0 Å². The molecule has 2 aromatic heterocycles. The normalized spacial score (nSPS) is 11.1. The Bertz CT molecular complexity index is 1120. The van der Waals surface area contributed by atoms with Crippen LogP contribution in [0.1, 0.15) is 10.5 Å². The van der Waals surface area contributed by atoms with Crippen LogP contribution in [0.5, 0.6) is 0 Å². The van der Waals surface area contributed by atoms with E-state index in [1.165, 1.54) is 17.0 Å². The monoisotopic (exact) mass is 306 g/mol. The van der Waals surface area contributed by atoms with Gasteiger partial charge in [0.15, 0.2) is 0 Å². The van der Waals surface area contributed by atoms with Crippen LogP contribution in [0.15, 0.2) is 64.0 Å². The molecule has 0 atom stereocenters. The Morgan fingerprint density at radius 1 is 1.09 bits per heavy atom. The summed E-state index contributed by atoms with van der Waals surface area (Å²) >= 11 is 0.